The molecule has 0 saturated carbocycles. The maximum absolute atomic E-state index is 5.48. The van der Waals surface area contributed by atoms with Crippen LogP contribution in [0.5, 0.6) is 0 Å². The summed E-state index contributed by atoms with van der Waals surface area (Å²) >= 11 is 0. The predicted octanol–water partition coefficient (Wildman–Crippen LogP) is -1.01. The van der Waals surface area contributed by atoms with Gasteiger partial charge in [-0.3, -0.25) is 4.90 Å². The average molecular weight is 141 g/mol. The largest absolute Gasteiger partial charge is 0.329 e. The zero-order valence-corrected chi connectivity index (χ0v) is 6.21. The fourth-order valence-corrected chi connectivity index (χ4v) is 2.09. The van der Waals surface area contributed by atoms with E-state index < -0.39 is 0 Å². The molecule has 0 amide bonds. The van der Waals surface area contributed by atoms with Crippen LogP contribution in [-0.4, -0.2) is 43.2 Å². The van der Waals surface area contributed by atoms with Gasteiger partial charge >= 0.3 is 0 Å². The van der Waals surface area contributed by atoms with Gasteiger partial charge in [-0.1, -0.05) is 0 Å². The lowest BCUT2D eigenvalue weighted by molar-refractivity contribution is 0.232. The van der Waals surface area contributed by atoms with E-state index >= 15 is 0 Å². The summed E-state index contributed by atoms with van der Waals surface area (Å²) in [5.41, 5.74) is 5.48. The SMILES string of the molecule is NCCN1CC2CC1CN2. The molecule has 10 heavy (non-hydrogen) atoms. The van der Waals surface area contributed by atoms with Gasteiger partial charge in [0.25, 0.3) is 0 Å². The molecular formula is C7H15N3. The highest BCUT2D eigenvalue weighted by atomic mass is 15.3. The Bertz CT molecular complexity index is 126. The molecule has 2 fully saturated rings. The lowest BCUT2D eigenvalue weighted by atomic mass is 10.2. The summed E-state index contributed by atoms with van der Waals surface area (Å²) < 4.78 is 0. The van der Waals surface area contributed by atoms with E-state index in [1.165, 1.54) is 19.5 Å². The maximum atomic E-state index is 5.48. The van der Waals surface area contributed by atoms with Crippen molar-refractivity contribution >= 4 is 0 Å². The molecule has 0 aromatic heterocycles. The fourth-order valence-electron chi connectivity index (χ4n) is 2.09. The maximum Gasteiger partial charge on any atom is 0.0237 e. The van der Waals surface area contributed by atoms with Gasteiger partial charge in [0.05, 0.1) is 0 Å². The first-order valence-electron chi connectivity index (χ1n) is 4.07. The molecule has 2 rings (SSSR count). The number of fused-ring (bicyclic) bond motifs is 2. The summed E-state index contributed by atoms with van der Waals surface area (Å²) in [6.45, 7) is 4.30. The lowest BCUT2D eigenvalue weighted by Crippen LogP contribution is -2.45. The van der Waals surface area contributed by atoms with Crippen LogP contribution in [0.1, 0.15) is 6.42 Å². The monoisotopic (exact) mass is 141 g/mol. The Morgan fingerprint density at radius 1 is 1.60 bits per heavy atom. The zero-order chi connectivity index (χ0) is 6.97. The minimum absolute atomic E-state index is 0.775. The van der Waals surface area contributed by atoms with Gasteiger partial charge < -0.3 is 11.1 Å². The van der Waals surface area contributed by atoms with E-state index in [1.807, 2.05) is 0 Å². The first-order chi connectivity index (χ1) is 4.90. The minimum atomic E-state index is 0.775. The van der Waals surface area contributed by atoms with E-state index in [9.17, 15) is 0 Å². The highest BCUT2D eigenvalue weighted by Gasteiger charge is 2.36. The number of likely N-dealkylation sites (tertiary alicyclic amines) is 1. The molecule has 0 spiro atoms. The molecule has 2 saturated heterocycles. The summed E-state index contributed by atoms with van der Waals surface area (Å²) in [6.07, 6.45) is 1.35. The third-order valence-electron chi connectivity index (χ3n) is 2.59. The van der Waals surface area contributed by atoms with Crippen LogP contribution in [0.15, 0.2) is 0 Å². The molecule has 2 atom stereocenters. The van der Waals surface area contributed by atoms with Crippen LogP contribution < -0.4 is 11.1 Å². The highest BCUT2D eigenvalue weighted by Crippen LogP contribution is 2.21. The van der Waals surface area contributed by atoms with Crippen molar-refractivity contribution < 1.29 is 0 Å². The number of hydrogen-bond acceptors (Lipinski definition) is 3. The quantitative estimate of drug-likeness (QED) is 0.518. The molecule has 0 aromatic carbocycles. The van der Waals surface area contributed by atoms with Gasteiger partial charge in [-0.05, 0) is 6.42 Å². The summed E-state index contributed by atoms with van der Waals surface area (Å²) in [5.74, 6) is 0. The molecule has 2 bridgehead atoms. The van der Waals surface area contributed by atoms with Gasteiger partial charge in [-0.25, -0.2) is 0 Å². The average Bonchev–Trinajstić information content (AvgIpc) is 2.48. The van der Waals surface area contributed by atoms with Crippen molar-refractivity contribution in [1.82, 2.24) is 10.2 Å². The standard InChI is InChI=1S/C7H15N3/c8-1-2-10-5-6-3-7(10)4-9-6/h6-7,9H,1-5,8H2. The van der Waals surface area contributed by atoms with Gasteiger partial charge in [-0.2, -0.15) is 0 Å². The van der Waals surface area contributed by atoms with Crippen LogP contribution in [0, 0.1) is 0 Å². The van der Waals surface area contributed by atoms with E-state index in [-0.39, 0.29) is 0 Å². The van der Waals surface area contributed by atoms with Gasteiger partial charge in [0.1, 0.15) is 0 Å². The van der Waals surface area contributed by atoms with Crippen LogP contribution in [0.25, 0.3) is 0 Å². The topological polar surface area (TPSA) is 41.3 Å². The van der Waals surface area contributed by atoms with E-state index in [1.54, 1.807) is 0 Å². The van der Waals surface area contributed by atoms with E-state index in [4.69, 9.17) is 5.73 Å². The van der Waals surface area contributed by atoms with Crippen LogP contribution in [-0.2, 0) is 0 Å². The third kappa shape index (κ3) is 0.944. The van der Waals surface area contributed by atoms with Crippen molar-refractivity contribution in [1.29, 1.82) is 0 Å². The van der Waals surface area contributed by atoms with Gasteiger partial charge in [0, 0.05) is 38.3 Å². The molecule has 0 aromatic rings. The Morgan fingerprint density at radius 3 is 3.00 bits per heavy atom. The third-order valence-corrected chi connectivity index (χ3v) is 2.59. The van der Waals surface area contributed by atoms with E-state index in [0.29, 0.717) is 0 Å². The summed E-state index contributed by atoms with van der Waals surface area (Å²) in [6, 6.07) is 1.57. The van der Waals surface area contributed by atoms with Gasteiger partial charge in [0.2, 0.25) is 0 Å². The Balaban J connectivity index is 1.90. The van der Waals surface area contributed by atoms with E-state index in [2.05, 4.69) is 10.2 Å². The summed E-state index contributed by atoms with van der Waals surface area (Å²) in [4.78, 5) is 2.50. The Kier molecular flexibility index (Phi) is 1.64. The van der Waals surface area contributed by atoms with Crippen molar-refractivity contribution in [2.75, 3.05) is 26.2 Å². The normalized spacial score (nSPS) is 39.3. The predicted molar refractivity (Wildman–Crippen MR) is 40.8 cm³/mol. The molecule has 2 unspecified atom stereocenters. The molecule has 3 nitrogen and oxygen atoms in total. The molecule has 2 heterocycles. The molecule has 58 valence electrons. The number of nitrogens with one attached hydrogen (secondary N) is 1. The second kappa shape index (κ2) is 2.49. The second-order valence-electron chi connectivity index (χ2n) is 3.28. The Morgan fingerprint density at radius 2 is 2.50 bits per heavy atom. The van der Waals surface area contributed by atoms with Crippen molar-refractivity contribution in [2.24, 2.45) is 5.73 Å². The minimum Gasteiger partial charge on any atom is -0.329 e. The second-order valence-corrected chi connectivity index (χ2v) is 3.28. The molecule has 3 heteroatoms. The number of nitrogens with two attached hydrogens (primary N) is 1. The number of piperazine rings is 1. The van der Waals surface area contributed by atoms with Crippen LogP contribution in [0.4, 0.5) is 0 Å². The summed E-state index contributed by atoms with van der Waals surface area (Å²) in [5, 5.41) is 3.46. The molecule has 3 N–H and O–H groups in total. The molecule has 0 aliphatic carbocycles. The van der Waals surface area contributed by atoms with Crippen LogP contribution in [0.2, 0.25) is 0 Å². The first-order valence-corrected chi connectivity index (χ1v) is 4.07. The lowest BCUT2D eigenvalue weighted by Gasteiger charge is -2.26. The Hall–Kier alpha value is -0.120. The smallest absolute Gasteiger partial charge is 0.0237 e. The van der Waals surface area contributed by atoms with Crippen molar-refractivity contribution in [2.45, 2.75) is 18.5 Å². The fraction of sp³-hybridized carbons (Fsp3) is 1.00. The number of rotatable bonds is 2. The van der Waals surface area contributed by atoms with Crippen molar-refractivity contribution in [3.8, 4) is 0 Å². The molecule has 0 radical (unpaired) electrons. The zero-order valence-electron chi connectivity index (χ0n) is 6.21. The van der Waals surface area contributed by atoms with E-state index in [0.717, 1.165) is 25.2 Å². The van der Waals surface area contributed by atoms with Gasteiger partial charge in [-0.15, -0.1) is 0 Å². The van der Waals surface area contributed by atoms with Gasteiger partial charge in [0.15, 0.2) is 0 Å². The Labute approximate surface area is 61.6 Å². The molecular weight excluding hydrogens is 126 g/mol. The summed E-state index contributed by atoms with van der Waals surface area (Å²) in [7, 11) is 0. The molecule has 2 aliphatic rings. The van der Waals surface area contributed by atoms with Crippen molar-refractivity contribution in [3.05, 3.63) is 0 Å². The highest BCUT2D eigenvalue weighted by molar-refractivity contribution is 4.97. The molecule has 2 aliphatic heterocycles. The van der Waals surface area contributed by atoms with Crippen LogP contribution >= 0.6 is 0 Å². The van der Waals surface area contributed by atoms with Crippen molar-refractivity contribution in [3.63, 3.8) is 0 Å². The van der Waals surface area contributed by atoms with Crippen LogP contribution in [0.3, 0.4) is 0 Å². The number of hydrogen-bond donors (Lipinski definition) is 2. The first kappa shape index (κ1) is 6.58. The number of nitrogens with zero attached hydrogens (tertiary/aromatic N) is 1.